The SMILES string of the molecule is CCCCN(CC(=O)N(CCOC)Cc1cccn1C)C(=O)CCC. The Balaban J connectivity index is 2.78. The molecule has 0 atom stereocenters. The first-order valence-electron chi connectivity index (χ1n) is 9.18. The lowest BCUT2D eigenvalue weighted by Crippen LogP contribution is -2.44. The molecule has 6 nitrogen and oxygen atoms in total. The number of carbonyl (C=O) groups is 2. The lowest BCUT2D eigenvalue weighted by Gasteiger charge is -2.28. The molecule has 0 aliphatic heterocycles. The minimum absolute atomic E-state index is 0.0289. The summed E-state index contributed by atoms with van der Waals surface area (Å²) in [6.07, 6.45) is 5.17. The van der Waals surface area contributed by atoms with Crippen molar-refractivity contribution in [3.8, 4) is 0 Å². The van der Waals surface area contributed by atoms with E-state index in [0.717, 1.165) is 25.0 Å². The van der Waals surface area contributed by atoms with E-state index in [0.29, 0.717) is 32.7 Å². The first-order chi connectivity index (χ1) is 12.0. The summed E-state index contributed by atoms with van der Waals surface area (Å²) in [6, 6.07) is 3.97. The highest BCUT2D eigenvalue weighted by Gasteiger charge is 2.21. The van der Waals surface area contributed by atoms with Crippen LogP contribution in [0.3, 0.4) is 0 Å². The smallest absolute Gasteiger partial charge is 0.242 e. The van der Waals surface area contributed by atoms with Gasteiger partial charge in [-0.3, -0.25) is 9.59 Å². The summed E-state index contributed by atoms with van der Waals surface area (Å²) in [5.74, 6) is 0.0358. The summed E-state index contributed by atoms with van der Waals surface area (Å²) in [5, 5.41) is 0. The molecular weight excluding hydrogens is 318 g/mol. The second-order valence-corrected chi connectivity index (χ2v) is 6.34. The van der Waals surface area contributed by atoms with E-state index in [1.165, 1.54) is 0 Å². The van der Waals surface area contributed by atoms with E-state index in [4.69, 9.17) is 4.74 Å². The molecule has 0 spiro atoms. The fourth-order valence-electron chi connectivity index (χ4n) is 2.63. The topological polar surface area (TPSA) is 54.8 Å². The number of hydrogen-bond donors (Lipinski definition) is 0. The molecule has 0 radical (unpaired) electrons. The van der Waals surface area contributed by atoms with Crippen molar-refractivity contribution in [3.05, 3.63) is 24.0 Å². The maximum Gasteiger partial charge on any atom is 0.242 e. The van der Waals surface area contributed by atoms with E-state index in [9.17, 15) is 9.59 Å². The van der Waals surface area contributed by atoms with Crippen LogP contribution in [0.2, 0.25) is 0 Å². The number of amides is 2. The third-order valence-corrected chi connectivity index (χ3v) is 4.25. The van der Waals surface area contributed by atoms with Crippen LogP contribution in [0.15, 0.2) is 18.3 Å². The van der Waals surface area contributed by atoms with Gasteiger partial charge in [0.05, 0.1) is 19.7 Å². The highest BCUT2D eigenvalue weighted by atomic mass is 16.5. The molecule has 0 saturated carbocycles. The van der Waals surface area contributed by atoms with Crippen molar-refractivity contribution in [2.75, 3.05) is 33.4 Å². The Morgan fingerprint density at radius 2 is 1.88 bits per heavy atom. The maximum atomic E-state index is 12.8. The summed E-state index contributed by atoms with van der Waals surface area (Å²) in [6.45, 7) is 6.38. The second kappa shape index (κ2) is 11.7. The Labute approximate surface area is 151 Å². The number of rotatable bonds is 12. The van der Waals surface area contributed by atoms with Gasteiger partial charge in [-0.15, -0.1) is 0 Å². The van der Waals surface area contributed by atoms with E-state index in [-0.39, 0.29) is 18.4 Å². The highest BCUT2D eigenvalue weighted by molar-refractivity contribution is 5.84. The van der Waals surface area contributed by atoms with Gasteiger partial charge in [0.15, 0.2) is 0 Å². The molecule has 0 aromatic carbocycles. The van der Waals surface area contributed by atoms with Crippen LogP contribution in [0.4, 0.5) is 0 Å². The van der Waals surface area contributed by atoms with Gasteiger partial charge in [-0.05, 0) is 25.0 Å². The summed E-state index contributed by atoms with van der Waals surface area (Å²) in [4.78, 5) is 28.6. The molecule has 25 heavy (non-hydrogen) atoms. The third kappa shape index (κ3) is 7.30. The van der Waals surface area contributed by atoms with Crippen molar-refractivity contribution in [2.24, 2.45) is 7.05 Å². The normalized spacial score (nSPS) is 10.7. The van der Waals surface area contributed by atoms with Gasteiger partial charge in [0.25, 0.3) is 0 Å². The van der Waals surface area contributed by atoms with Crippen molar-refractivity contribution in [1.82, 2.24) is 14.4 Å². The molecular formula is C19H33N3O3. The van der Waals surface area contributed by atoms with E-state index in [1.54, 1.807) is 16.9 Å². The fourth-order valence-corrected chi connectivity index (χ4v) is 2.63. The first kappa shape index (κ1) is 21.2. The molecule has 6 heteroatoms. The minimum atomic E-state index is -0.0289. The molecule has 0 bridgehead atoms. The molecule has 0 saturated heterocycles. The molecule has 142 valence electrons. The lowest BCUT2D eigenvalue weighted by atomic mass is 10.2. The molecule has 1 aromatic heterocycles. The van der Waals surface area contributed by atoms with Gasteiger partial charge in [-0.2, -0.15) is 0 Å². The van der Waals surface area contributed by atoms with Crippen molar-refractivity contribution >= 4 is 11.8 Å². The number of aromatic nitrogens is 1. The molecule has 0 aliphatic rings. The average Bonchev–Trinajstić information content (AvgIpc) is 3.00. The van der Waals surface area contributed by atoms with Gasteiger partial charge < -0.3 is 19.1 Å². The molecule has 2 amide bonds. The van der Waals surface area contributed by atoms with Crippen LogP contribution in [0, 0.1) is 0 Å². The standard InChI is InChI=1S/C19H33N3O3/c1-5-7-12-21(18(23)9-6-2)16-19(24)22(13-14-25-4)15-17-10-8-11-20(17)3/h8,10-11H,5-7,9,12-16H2,1-4H3. The van der Waals surface area contributed by atoms with E-state index >= 15 is 0 Å². The molecule has 1 aromatic rings. The number of unbranched alkanes of at least 4 members (excludes halogenated alkanes) is 1. The van der Waals surface area contributed by atoms with Gasteiger partial charge >= 0.3 is 0 Å². The lowest BCUT2D eigenvalue weighted by molar-refractivity contribution is -0.141. The summed E-state index contributed by atoms with van der Waals surface area (Å²) in [5.41, 5.74) is 1.06. The summed E-state index contributed by atoms with van der Waals surface area (Å²) >= 11 is 0. The molecule has 0 unspecified atom stereocenters. The van der Waals surface area contributed by atoms with E-state index in [1.807, 2.05) is 36.9 Å². The Hall–Kier alpha value is -1.82. The largest absolute Gasteiger partial charge is 0.383 e. The Kier molecular flexibility index (Phi) is 9.92. The zero-order valence-corrected chi connectivity index (χ0v) is 16.2. The molecule has 0 aliphatic carbocycles. The number of aryl methyl sites for hydroxylation is 1. The average molecular weight is 351 g/mol. The Morgan fingerprint density at radius 3 is 2.44 bits per heavy atom. The summed E-state index contributed by atoms with van der Waals surface area (Å²) < 4.78 is 7.15. The molecule has 0 N–H and O–H groups in total. The number of ether oxygens (including phenoxy) is 1. The van der Waals surface area contributed by atoms with Gasteiger partial charge in [-0.25, -0.2) is 0 Å². The predicted octanol–water partition coefficient (Wildman–Crippen LogP) is 2.43. The van der Waals surface area contributed by atoms with Crippen molar-refractivity contribution in [3.63, 3.8) is 0 Å². The van der Waals surface area contributed by atoms with Crippen molar-refractivity contribution in [2.45, 2.75) is 46.1 Å². The van der Waals surface area contributed by atoms with Gasteiger partial charge in [0, 0.05) is 45.6 Å². The van der Waals surface area contributed by atoms with Crippen LogP contribution < -0.4 is 0 Å². The van der Waals surface area contributed by atoms with Crippen LogP contribution in [-0.2, 0) is 27.9 Å². The van der Waals surface area contributed by atoms with E-state index < -0.39 is 0 Å². The third-order valence-electron chi connectivity index (χ3n) is 4.25. The van der Waals surface area contributed by atoms with Gasteiger partial charge in [-0.1, -0.05) is 20.3 Å². The number of methoxy groups -OCH3 is 1. The minimum Gasteiger partial charge on any atom is -0.383 e. The van der Waals surface area contributed by atoms with Gasteiger partial charge in [0.1, 0.15) is 0 Å². The van der Waals surface area contributed by atoms with Crippen LogP contribution >= 0.6 is 0 Å². The monoisotopic (exact) mass is 351 g/mol. The number of carbonyl (C=O) groups excluding carboxylic acids is 2. The van der Waals surface area contributed by atoms with Crippen LogP contribution in [0.25, 0.3) is 0 Å². The van der Waals surface area contributed by atoms with E-state index in [2.05, 4.69) is 6.92 Å². The van der Waals surface area contributed by atoms with Crippen molar-refractivity contribution < 1.29 is 14.3 Å². The zero-order chi connectivity index (χ0) is 18.7. The maximum absolute atomic E-state index is 12.8. The molecule has 0 fully saturated rings. The molecule has 1 heterocycles. The van der Waals surface area contributed by atoms with Crippen LogP contribution in [0.5, 0.6) is 0 Å². The fraction of sp³-hybridized carbons (Fsp3) is 0.684. The van der Waals surface area contributed by atoms with Gasteiger partial charge in [0.2, 0.25) is 11.8 Å². The molecule has 1 rings (SSSR count). The van der Waals surface area contributed by atoms with Crippen LogP contribution in [-0.4, -0.2) is 59.5 Å². The van der Waals surface area contributed by atoms with Crippen LogP contribution in [0.1, 0.15) is 45.2 Å². The number of nitrogens with zero attached hydrogens (tertiary/aromatic N) is 3. The van der Waals surface area contributed by atoms with Crippen molar-refractivity contribution in [1.29, 1.82) is 0 Å². The highest BCUT2D eigenvalue weighted by Crippen LogP contribution is 2.08. The quantitative estimate of drug-likeness (QED) is 0.581. The second-order valence-electron chi connectivity index (χ2n) is 6.34. The first-order valence-corrected chi connectivity index (χ1v) is 9.18. The Morgan fingerprint density at radius 1 is 1.12 bits per heavy atom. The Bertz CT molecular complexity index is 528. The zero-order valence-electron chi connectivity index (χ0n) is 16.2. The predicted molar refractivity (Wildman–Crippen MR) is 99.1 cm³/mol. The number of hydrogen-bond acceptors (Lipinski definition) is 3. The summed E-state index contributed by atoms with van der Waals surface area (Å²) in [7, 11) is 3.59.